The molecule has 1 amide bonds. The Morgan fingerprint density at radius 2 is 1.65 bits per heavy atom. The molecule has 156 valence electrons. The van der Waals surface area contributed by atoms with E-state index in [0.717, 1.165) is 27.7 Å². The van der Waals surface area contributed by atoms with Gasteiger partial charge >= 0.3 is 0 Å². The van der Waals surface area contributed by atoms with Gasteiger partial charge in [0, 0.05) is 29.8 Å². The molecule has 1 atom stereocenters. The number of nitrogens with zero attached hydrogens (tertiary/aromatic N) is 2. The van der Waals surface area contributed by atoms with E-state index in [4.69, 9.17) is 9.97 Å². The van der Waals surface area contributed by atoms with Gasteiger partial charge in [0.2, 0.25) is 5.91 Å². The van der Waals surface area contributed by atoms with Gasteiger partial charge < -0.3 is 10.4 Å². The number of fused-ring (bicyclic) bond motifs is 1. The first-order valence-corrected chi connectivity index (χ1v) is 10.5. The van der Waals surface area contributed by atoms with Crippen LogP contribution < -0.4 is 5.32 Å². The first kappa shape index (κ1) is 20.5. The minimum absolute atomic E-state index is 0.00253. The summed E-state index contributed by atoms with van der Waals surface area (Å²) in [5.74, 6) is 0.701. The molecule has 3 aromatic carbocycles. The van der Waals surface area contributed by atoms with E-state index in [0.29, 0.717) is 25.2 Å². The standard InChI is InChI=1S/C26H25N3O2/c1-18(26(31)27-16-15-19-11-13-21(30)14-12-19)17-24-22-9-5-6-10-23(22)28-25(29-24)20-7-3-2-4-8-20/h2-14,18,30H,15-17H2,1H3,(H,27,31)/t18-/m1/s1. The van der Waals surface area contributed by atoms with Gasteiger partial charge in [-0.25, -0.2) is 9.97 Å². The van der Waals surface area contributed by atoms with Crippen LogP contribution in [0.15, 0.2) is 78.9 Å². The van der Waals surface area contributed by atoms with Crippen LogP contribution in [0.5, 0.6) is 5.75 Å². The summed E-state index contributed by atoms with van der Waals surface area (Å²) in [5, 5.41) is 13.4. The van der Waals surface area contributed by atoms with Gasteiger partial charge in [-0.2, -0.15) is 0 Å². The number of rotatable bonds is 7. The Morgan fingerprint density at radius 1 is 0.935 bits per heavy atom. The molecule has 0 aliphatic rings. The van der Waals surface area contributed by atoms with Crippen LogP contribution >= 0.6 is 0 Å². The predicted octanol–water partition coefficient (Wildman–Crippen LogP) is 4.54. The minimum atomic E-state index is -0.221. The van der Waals surface area contributed by atoms with E-state index in [2.05, 4.69) is 5.32 Å². The molecule has 0 unspecified atom stereocenters. The van der Waals surface area contributed by atoms with Gasteiger partial charge in [0.1, 0.15) is 5.75 Å². The summed E-state index contributed by atoms with van der Waals surface area (Å²) in [5.41, 5.74) is 3.79. The Labute approximate surface area is 181 Å². The molecule has 0 fully saturated rings. The lowest BCUT2D eigenvalue weighted by Crippen LogP contribution is -2.32. The lowest BCUT2D eigenvalue weighted by atomic mass is 10.0. The monoisotopic (exact) mass is 411 g/mol. The number of hydrogen-bond acceptors (Lipinski definition) is 4. The summed E-state index contributed by atoms with van der Waals surface area (Å²) >= 11 is 0. The first-order valence-electron chi connectivity index (χ1n) is 10.5. The van der Waals surface area contributed by atoms with Crippen LogP contribution in [0.25, 0.3) is 22.3 Å². The molecule has 0 radical (unpaired) electrons. The third-order valence-electron chi connectivity index (χ3n) is 5.31. The molecule has 4 aromatic rings. The molecular formula is C26H25N3O2. The maximum Gasteiger partial charge on any atom is 0.223 e. The van der Waals surface area contributed by atoms with Gasteiger partial charge in [0.05, 0.1) is 11.2 Å². The minimum Gasteiger partial charge on any atom is -0.508 e. The van der Waals surface area contributed by atoms with Crippen LogP contribution in [0.2, 0.25) is 0 Å². The molecule has 0 spiro atoms. The number of carbonyl (C=O) groups excluding carboxylic acids is 1. The van der Waals surface area contributed by atoms with E-state index in [-0.39, 0.29) is 17.6 Å². The number of nitrogens with one attached hydrogen (secondary N) is 1. The normalized spacial score (nSPS) is 11.9. The summed E-state index contributed by atoms with van der Waals surface area (Å²) in [4.78, 5) is 22.2. The highest BCUT2D eigenvalue weighted by Crippen LogP contribution is 2.23. The summed E-state index contributed by atoms with van der Waals surface area (Å²) in [6, 6.07) is 24.9. The quantitative estimate of drug-likeness (QED) is 0.468. The van der Waals surface area contributed by atoms with Crippen molar-refractivity contribution in [1.82, 2.24) is 15.3 Å². The summed E-state index contributed by atoms with van der Waals surface area (Å²) < 4.78 is 0. The van der Waals surface area contributed by atoms with Crippen LogP contribution in [0, 0.1) is 5.92 Å². The van der Waals surface area contributed by atoms with E-state index in [1.54, 1.807) is 12.1 Å². The smallest absolute Gasteiger partial charge is 0.223 e. The van der Waals surface area contributed by atoms with E-state index in [1.807, 2.05) is 73.7 Å². The number of aromatic hydroxyl groups is 1. The molecule has 1 aromatic heterocycles. The van der Waals surface area contributed by atoms with Crippen LogP contribution in [-0.4, -0.2) is 27.5 Å². The molecule has 0 bridgehead atoms. The number of amides is 1. The molecule has 1 heterocycles. The van der Waals surface area contributed by atoms with Gasteiger partial charge in [-0.05, 0) is 30.2 Å². The predicted molar refractivity (Wildman–Crippen MR) is 123 cm³/mol. The molecule has 0 aliphatic carbocycles. The molecule has 2 N–H and O–H groups in total. The van der Waals surface area contributed by atoms with E-state index in [1.165, 1.54) is 0 Å². The van der Waals surface area contributed by atoms with Crippen LogP contribution in [0.4, 0.5) is 0 Å². The fourth-order valence-corrected chi connectivity index (χ4v) is 3.56. The lowest BCUT2D eigenvalue weighted by molar-refractivity contribution is -0.124. The van der Waals surface area contributed by atoms with Crippen LogP contribution in [-0.2, 0) is 17.6 Å². The Hall–Kier alpha value is -3.73. The molecule has 5 nitrogen and oxygen atoms in total. The Kier molecular flexibility index (Phi) is 6.22. The van der Waals surface area contributed by atoms with E-state index < -0.39 is 0 Å². The number of hydrogen-bond donors (Lipinski definition) is 2. The molecule has 0 saturated carbocycles. The van der Waals surface area contributed by atoms with Crippen molar-refractivity contribution in [2.75, 3.05) is 6.54 Å². The number of benzene rings is 3. The summed E-state index contributed by atoms with van der Waals surface area (Å²) in [6.45, 7) is 2.47. The summed E-state index contributed by atoms with van der Waals surface area (Å²) in [7, 11) is 0. The van der Waals surface area contributed by atoms with Crippen molar-refractivity contribution in [2.24, 2.45) is 5.92 Å². The number of phenols is 1. The Balaban J connectivity index is 1.47. The van der Waals surface area contributed by atoms with Crippen molar-refractivity contribution < 1.29 is 9.90 Å². The molecule has 31 heavy (non-hydrogen) atoms. The molecule has 5 heteroatoms. The van der Waals surface area contributed by atoms with Gasteiger partial charge in [0.25, 0.3) is 0 Å². The fraction of sp³-hybridized carbons (Fsp3) is 0.192. The average molecular weight is 412 g/mol. The third kappa shape index (κ3) is 5.07. The highest BCUT2D eigenvalue weighted by molar-refractivity contribution is 5.84. The number of carbonyl (C=O) groups is 1. The Bertz CT molecular complexity index is 1170. The van der Waals surface area contributed by atoms with Gasteiger partial charge in [-0.15, -0.1) is 0 Å². The Morgan fingerprint density at radius 3 is 2.42 bits per heavy atom. The van der Waals surface area contributed by atoms with Gasteiger partial charge in [-0.3, -0.25) is 4.79 Å². The number of para-hydroxylation sites is 1. The second-order valence-corrected chi connectivity index (χ2v) is 7.69. The maximum absolute atomic E-state index is 12.7. The zero-order valence-corrected chi connectivity index (χ0v) is 17.5. The highest BCUT2D eigenvalue weighted by Gasteiger charge is 2.17. The summed E-state index contributed by atoms with van der Waals surface area (Å²) in [6.07, 6.45) is 1.25. The van der Waals surface area contributed by atoms with Gasteiger partial charge in [0.15, 0.2) is 5.82 Å². The zero-order chi connectivity index (χ0) is 21.6. The lowest BCUT2D eigenvalue weighted by Gasteiger charge is -2.14. The van der Waals surface area contributed by atoms with Crippen molar-refractivity contribution in [1.29, 1.82) is 0 Å². The van der Waals surface area contributed by atoms with Crippen molar-refractivity contribution in [3.05, 3.63) is 90.1 Å². The molecule has 4 rings (SSSR count). The van der Waals surface area contributed by atoms with Crippen molar-refractivity contribution in [3.63, 3.8) is 0 Å². The highest BCUT2D eigenvalue weighted by atomic mass is 16.3. The van der Waals surface area contributed by atoms with Gasteiger partial charge in [-0.1, -0.05) is 67.6 Å². The zero-order valence-electron chi connectivity index (χ0n) is 17.5. The van der Waals surface area contributed by atoms with Crippen molar-refractivity contribution in [2.45, 2.75) is 19.8 Å². The second kappa shape index (κ2) is 9.39. The fourth-order valence-electron chi connectivity index (χ4n) is 3.56. The molecule has 0 saturated heterocycles. The maximum atomic E-state index is 12.7. The largest absolute Gasteiger partial charge is 0.508 e. The second-order valence-electron chi connectivity index (χ2n) is 7.69. The topological polar surface area (TPSA) is 75.1 Å². The van der Waals surface area contributed by atoms with Crippen molar-refractivity contribution in [3.8, 4) is 17.1 Å². The SMILES string of the molecule is C[C@H](Cc1nc(-c2ccccc2)nc2ccccc12)C(=O)NCCc1ccc(O)cc1. The number of phenolic OH excluding ortho intramolecular Hbond substituents is 1. The number of aromatic nitrogens is 2. The van der Waals surface area contributed by atoms with E-state index >= 15 is 0 Å². The molecule has 0 aliphatic heterocycles. The van der Waals surface area contributed by atoms with Crippen LogP contribution in [0.3, 0.4) is 0 Å². The van der Waals surface area contributed by atoms with Crippen LogP contribution in [0.1, 0.15) is 18.2 Å². The average Bonchev–Trinajstić information content (AvgIpc) is 2.80. The van der Waals surface area contributed by atoms with E-state index in [9.17, 15) is 9.90 Å². The molecular weight excluding hydrogens is 386 g/mol. The van der Waals surface area contributed by atoms with Crippen molar-refractivity contribution >= 4 is 16.8 Å². The third-order valence-corrected chi connectivity index (χ3v) is 5.31. The first-order chi connectivity index (χ1) is 15.1.